The number of fused-ring (bicyclic) bond motifs is 1. The summed E-state index contributed by atoms with van der Waals surface area (Å²) in [5.41, 5.74) is 0.800. The molecule has 5 atom stereocenters. The van der Waals surface area contributed by atoms with Crippen molar-refractivity contribution in [3.8, 4) is 0 Å². The van der Waals surface area contributed by atoms with Gasteiger partial charge < -0.3 is 14.9 Å². The zero-order valence-corrected chi connectivity index (χ0v) is 12.9. The molecule has 1 aromatic rings. The molecule has 118 valence electrons. The van der Waals surface area contributed by atoms with Crippen molar-refractivity contribution in [1.29, 1.82) is 0 Å². The van der Waals surface area contributed by atoms with Crippen molar-refractivity contribution in [1.82, 2.24) is 0 Å². The van der Waals surface area contributed by atoms with Gasteiger partial charge in [0.2, 0.25) is 0 Å². The summed E-state index contributed by atoms with van der Waals surface area (Å²) in [5.74, 6) is -3.59. The molecule has 5 nitrogen and oxygen atoms in total. The summed E-state index contributed by atoms with van der Waals surface area (Å²) in [4.78, 5) is 22.5. The van der Waals surface area contributed by atoms with Gasteiger partial charge in [-0.25, -0.2) is 0 Å². The lowest BCUT2D eigenvalue weighted by Crippen LogP contribution is -2.31. The van der Waals surface area contributed by atoms with Crippen LogP contribution in [0, 0.1) is 23.7 Å². The molecular weight excluding hydrogens is 331 g/mol. The number of hydrogen-bond acceptors (Lipinski definition) is 3. The Morgan fingerprint density at radius 2 is 1.82 bits per heavy atom. The molecule has 2 aliphatic rings. The average molecular weight is 345 g/mol. The molecule has 0 amide bonds. The summed E-state index contributed by atoms with van der Waals surface area (Å²) in [6, 6.07) is 5.10. The van der Waals surface area contributed by atoms with Crippen molar-refractivity contribution in [3.63, 3.8) is 0 Å². The van der Waals surface area contributed by atoms with Gasteiger partial charge in [-0.1, -0.05) is 29.3 Å². The third kappa shape index (κ3) is 2.69. The van der Waals surface area contributed by atoms with Gasteiger partial charge in [0.25, 0.3) is 0 Å². The molecule has 0 radical (unpaired) electrons. The molecule has 0 aromatic heterocycles. The van der Waals surface area contributed by atoms with E-state index in [1.54, 1.807) is 18.2 Å². The summed E-state index contributed by atoms with van der Waals surface area (Å²) in [5, 5.41) is 19.3. The van der Waals surface area contributed by atoms with Crippen LogP contribution in [-0.2, 0) is 20.9 Å². The third-order valence-electron chi connectivity index (χ3n) is 4.57. The van der Waals surface area contributed by atoms with Crippen LogP contribution in [0.1, 0.15) is 12.0 Å². The Labute approximate surface area is 136 Å². The van der Waals surface area contributed by atoms with E-state index in [1.165, 1.54) is 0 Å². The van der Waals surface area contributed by atoms with E-state index in [1.807, 2.05) is 0 Å². The second-order valence-corrected chi connectivity index (χ2v) is 6.62. The lowest BCUT2D eigenvalue weighted by Gasteiger charge is -2.21. The number of aliphatic carboxylic acids is 2. The maximum atomic E-state index is 11.4. The van der Waals surface area contributed by atoms with Gasteiger partial charge in [0.15, 0.2) is 0 Å². The molecule has 22 heavy (non-hydrogen) atoms. The van der Waals surface area contributed by atoms with E-state index >= 15 is 0 Å². The number of carboxylic acid groups (broad SMARTS) is 2. The molecule has 7 heteroatoms. The molecule has 0 spiro atoms. The molecule has 2 aliphatic carbocycles. The molecule has 3 rings (SSSR count). The second-order valence-electron chi connectivity index (χ2n) is 5.80. The summed E-state index contributed by atoms with van der Waals surface area (Å²) in [7, 11) is 0. The number of carbonyl (C=O) groups is 2. The SMILES string of the molecule is O=C(O)C1C2[C@H]1CC(OCc1ccc(Cl)c(Cl)c1)[C@H]2C(=O)O. The minimum absolute atomic E-state index is 0.0857. The van der Waals surface area contributed by atoms with Gasteiger partial charge in [0.05, 0.1) is 34.6 Å². The normalized spacial score (nSPS) is 32.5. The number of rotatable bonds is 5. The highest BCUT2D eigenvalue weighted by Gasteiger charge is 2.67. The zero-order chi connectivity index (χ0) is 16.0. The Bertz CT molecular complexity index is 632. The smallest absolute Gasteiger partial charge is 0.309 e. The number of hydrogen-bond donors (Lipinski definition) is 2. The highest BCUT2D eigenvalue weighted by atomic mass is 35.5. The fraction of sp³-hybridized carbons (Fsp3) is 0.467. The molecular formula is C15H14Cl2O5. The van der Waals surface area contributed by atoms with Gasteiger partial charge in [-0.3, -0.25) is 9.59 Å². The van der Waals surface area contributed by atoms with Crippen LogP contribution < -0.4 is 0 Å². The summed E-state index contributed by atoms with van der Waals surface area (Å²) < 4.78 is 5.71. The average Bonchev–Trinajstić information content (AvgIpc) is 3.01. The first kappa shape index (κ1) is 15.6. The van der Waals surface area contributed by atoms with Crippen molar-refractivity contribution in [3.05, 3.63) is 33.8 Å². The number of ether oxygens (including phenoxy) is 1. The van der Waals surface area contributed by atoms with Crippen LogP contribution in [-0.4, -0.2) is 28.3 Å². The predicted octanol–water partition coefficient (Wildman–Crippen LogP) is 2.93. The monoisotopic (exact) mass is 344 g/mol. The summed E-state index contributed by atoms with van der Waals surface area (Å²) in [6.45, 7) is 0.225. The van der Waals surface area contributed by atoms with Crippen molar-refractivity contribution >= 4 is 35.1 Å². The Morgan fingerprint density at radius 1 is 1.14 bits per heavy atom. The first-order chi connectivity index (χ1) is 10.4. The minimum atomic E-state index is -0.990. The van der Waals surface area contributed by atoms with Crippen LogP contribution >= 0.6 is 23.2 Å². The van der Waals surface area contributed by atoms with E-state index in [9.17, 15) is 14.7 Å². The topological polar surface area (TPSA) is 83.8 Å². The highest BCUT2D eigenvalue weighted by molar-refractivity contribution is 6.42. The van der Waals surface area contributed by atoms with E-state index in [-0.39, 0.29) is 18.4 Å². The molecule has 0 saturated heterocycles. The standard InChI is InChI=1S/C15H14Cl2O5/c16-8-2-1-6(3-9(8)17)5-22-10-4-7-11(12(7)14(18)19)13(10)15(20)21/h1-3,7,10-13H,4-5H2,(H,18,19)(H,20,21)/t7-,10?,11?,12?,13-/m1/s1. The maximum absolute atomic E-state index is 11.4. The van der Waals surface area contributed by atoms with Gasteiger partial charge in [0.1, 0.15) is 0 Å². The fourth-order valence-electron chi connectivity index (χ4n) is 3.53. The van der Waals surface area contributed by atoms with Crippen LogP contribution in [0.25, 0.3) is 0 Å². The Kier molecular flexibility index (Phi) is 4.05. The molecule has 1 aromatic carbocycles. The Balaban J connectivity index is 1.65. The number of carboxylic acids is 2. The van der Waals surface area contributed by atoms with Crippen LogP contribution in [0.15, 0.2) is 18.2 Å². The third-order valence-corrected chi connectivity index (χ3v) is 5.31. The maximum Gasteiger partial charge on any atom is 0.309 e. The van der Waals surface area contributed by atoms with Gasteiger partial charge >= 0.3 is 11.9 Å². The van der Waals surface area contributed by atoms with E-state index in [0.29, 0.717) is 16.5 Å². The van der Waals surface area contributed by atoms with Crippen molar-refractivity contribution in [2.75, 3.05) is 0 Å². The van der Waals surface area contributed by atoms with Crippen LogP contribution in [0.3, 0.4) is 0 Å². The first-order valence-electron chi connectivity index (χ1n) is 6.91. The minimum Gasteiger partial charge on any atom is -0.481 e. The van der Waals surface area contributed by atoms with Crippen molar-refractivity contribution in [2.24, 2.45) is 23.7 Å². The van der Waals surface area contributed by atoms with E-state index < -0.39 is 29.9 Å². The summed E-state index contributed by atoms with van der Waals surface area (Å²) in [6.07, 6.45) is 0.0115. The van der Waals surface area contributed by atoms with Crippen molar-refractivity contribution < 1.29 is 24.5 Å². The number of benzene rings is 1. The highest BCUT2D eigenvalue weighted by Crippen LogP contribution is 2.61. The van der Waals surface area contributed by atoms with Gasteiger partial charge in [0, 0.05) is 0 Å². The van der Waals surface area contributed by atoms with E-state index in [4.69, 9.17) is 33.0 Å². The molecule has 0 aliphatic heterocycles. The molecule has 0 heterocycles. The second kappa shape index (κ2) is 5.72. The lowest BCUT2D eigenvalue weighted by molar-refractivity contribution is -0.149. The van der Waals surface area contributed by atoms with Crippen LogP contribution in [0.2, 0.25) is 10.0 Å². The van der Waals surface area contributed by atoms with E-state index in [0.717, 1.165) is 5.56 Å². The first-order valence-corrected chi connectivity index (χ1v) is 7.67. The fourth-order valence-corrected chi connectivity index (χ4v) is 3.85. The molecule has 2 saturated carbocycles. The van der Waals surface area contributed by atoms with E-state index in [2.05, 4.69) is 0 Å². The largest absolute Gasteiger partial charge is 0.481 e. The summed E-state index contributed by atoms with van der Waals surface area (Å²) >= 11 is 11.8. The van der Waals surface area contributed by atoms with Crippen molar-refractivity contribution in [2.45, 2.75) is 19.1 Å². The van der Waals surface area contributed by atoms with Gasteiger partial charge in [-0.05, 0) is 36.0 Å². The van der Waals surface area contributed by atoms with Gasteiger partial charge in [-0.2, -0.15) is 0 Å². The lowest BCUT2D eigenvalue weighted by atomic mass is 9.97. The zero-order valence-electron chi connectivity index (χ0n) is 11.4. The Morgan fingerprint density at radius 3 is 2.41 bits per heavy atom. The number of halogens is 2. The van der Waals surface area contributed by atoms with Gasteiger partial charge in [-0.15, -0.1) is 0 Å². The van der Waals surface area contributed by atoms with Crippen LogP contribution in [0.5, 0.6) is 0 Å². The molecule has 3 unspecified atom stereocenters. The quantitative estimate of drug-likeness (QED) is 0.857. The molecule has 0 bridgehead atoms. The Hall–Kier alpha value is -1.30. The molecule has 2 fully saturated rings. The predicted molar refractivity (Wildman–Crippen MR) is 78.9 cm³/mol. The molecule has 2 N–H and O–H groups in total. The van der Waals surface area contributed by atoms with Crippen LogP contribution in [0.4, 0.5) is 0 Å².